The summed E-state index contributed by atoms with van der Waals surface area (Å²) in [6.07, 6.45) is 4.43. The van der Waals surface area contributed by atoms with Crippen LogP contribution in [0.25, 0.3) is 0 Å². The summed E-state index contributed by atoms with van der Waals surface area (Å²) < 4.78 is -0.306. The lowest BCUT2D eigenvalue weighted by molar-refractivity contribution is -0.145. The van der Waals surface area contributed by atoms with Gasteiger partial charge in [-0.25, -0.2) is 4.79 Å². The van der Waals surface area contributed by atoms with Crippen molar-refractivity contribution in [3.63, 3.8) is 0 Å². The van der Waals surface area contributed by atoms with E-state index < -0.39 is 17.4 Å². The molecule has 0 aliphatic heterocycles. The van der Waals surface area contributed by atoms with Crippen molar-refractivity contribution >= 4 is 41.2 Å². The number of thiol groups is 1. The molecule has 1 aliphatic carbocycles. The molecular weight excluding hydrogens is 264 g/mol. The summed E-state index contributed by atoms with van der Waals surface area (Å²) in [6, 6.07) is 0. The topological polar surface area (TPSA) is 94.8 Å². The molecule has 0 radical (unpaired) electrons. The van der Waals surface area contributed by atoms with Gasteiger partial charge in [0.05, 0.1) is 5.41 Å². The van der Waals surface area contributed by atoms with Crippen LogP contribution in [0.15, 0.2) is 23.8 Å². The fourth-order valence-electron chi connectivity index (χ4n) is 1.18. The first-order valence-corrected chi connectivity index (χ1v) is 5.31. The van der Waals surface area contributed by atoms with E-state index in [2.05, 4.69) is 24.8 Å². The molecule has 0 fully saturated rings. The van der Waals surface area contributed by atoms with Gasteiger partial charge in [-0.05, 0) is 25.6 Å². The molecule has 94 valence electrons. The maximum Gasteiger partial charge on any atom is 0.331 e. The highest BCUT2D eigenvalue weighted by Gasteiger charge is 2.34. The van der Waals surface area contributed by atoms with Gasteiger partial charge in [-0.1, -0.05) is 30.9 Å². The first-order valence-electron chi connectivity index (χ1n) is 4.46. The Morgan fingerprint density at radius 1 is 1.41 bits per heavy atom. The van der Waals surface area contributed by atoms with Gasteiger partial charge in [-0.2, -0.15) is 0 Å². The summed E-state index contributed by atoms with van der Waals surface area (Å²) in [5.74, 6) is -2.06. The average Bonchev–Trinajstić information content (AvgIpc) is 2.16. The van der Waals surface area contributed by atoms with Crippen LogP contribution < -0.4 is 0 Å². The molecule has 0 amide bonds. The van der Waals surface area contributed by atoms with Crippen molar-refractivity contribution in [3.05, 3.63) is 23.8 Å². The first kappa shape index (κ1) is 15.7. The molecule has 0 aromatic heterocycles. The monoisotopic (exact) mass is 276 g/mol. The molecule has 0 saturated carbocycles. The molecule has 17 heavy (non-hydrogen) atoms. The number of thiocarbonyl (C=S) groups is 1. The summed E-state index contributed by atoms with van der Waals surface area (Å²) >= 11 is 7.21. The average molecular weight is 276 g/mol. The summed E-state index contributed by atoms with van der Waals surface area (Å²) in [5.41, 5.74) is -0.949. The standard InChI is InChI=1S/C9H10O4.CH2OS2/c1-9(8(12)13)4-2-3-6(5-9)7(10)11;2-1(3)4/h2-4H,5H2,1H3,(H,10,11)(H,12,13);(H2,2,3,4). The summed E-state index contributed by atoms with van der Waals surface area (Å²) in [4.78, 5) is 21.3. The van der Waals surface area contributed by atoms with Crippen LogP contribution in [-0.2, 0) is 9.59 Å². The predicted molar refractivity (Wildman–Crippen MR) is 69.4 cm³/mol. The van der Waals surface area contributed by atoms with E-state index in [1.165, 1.54) is 25.2 Å². The highest BCUT2D eigenvalue weighted by molar-refractivity contribution is 8.10. The smallest absolute Gasteiger partial charge is 0.331 e. The number of carbonyl (C=O) groups is 2. The van der Waals surface area contributed by atoms with E-state index in [1.54, 1.807) is 0 Å². The van der Waals surface area contributed by atoms with Crippen molar-refractivity contribution in [1.82, 2.24) is 0 Å². The minimum Gasteiger partial charge on any atom is -0.494 e. The van der Waals surface area contributed by atoms with Gasteiger partial charge in [-0.3, -0.25) is 4.79 Å². The molecule has 7 heteroatoms. The second kappa shape index (κ2) is 6.41. The van der Waals surface area contributed by atoms with E-state index in [4.69, 9.17) is 15.3 Å². The molecule has 0 saturated heterocycles. The van der Waals surface area contributed by atoms with Crippen LogP contribution in [0, 0.1) is 5.41 Å². The highest BCUT2D eigenvalue weighted by atomic mass is 32.1. The predicted octanol–water partition coefficient (Wildman–Crippen LogP) is 1.81. The molecule has 0 aromatic rings. The van der Waals surface area contributed by atoms with Gasteiger partial charge in [0, 0.05) is 5.57 Å². The van der Waals surface area contributed by atoms with E-state index in [9.17, 15) is 9.59 Å². The van der Waals surface area contributed by atoms with Crippen LogP contribution in [0.5, 0.6) is 0 Å². The number of carboxylic acids is 2. The fourth-order valence-corrected chi connectivity index (χ4v) is 1.18. The van der Waals surface area contributed by atoms with Gasteiger partial charge >= 0.3 is 11.9 Å². The fraction of sp³-hybridized carbons (Fsp3) is 0.300. The zero-order valence-electron chi connectivity index (χ0n) is 8.95. The Kier molecular flexibility index (Phi) is 5.90. The summed E-state index contributed by atoms with van der Waals surface area (Å²) in [6.45, 7) is 1.50. The van der Waals surface area contributed by atoms with E-state index in [0.717, 1.165) is 0 Å². The van der Waals surface area contributed by atoms with E-state index >= 15 is 0 Å². The van der Waals surface area contributed by atoms with Crippen LogP contribution >= 0.6 is 24.8 Å². The number of hydrogen-bond acceptors (Lipinski definition) is 3. The molecular formula is C10H12O5S2. The van der Waals surface area contributed by atoms with Gasteiger partial charge in [-0.15, -0.1) is 0 Å². The Hall–Kier alpha value is -1.34. The summed E-state index contributed by atoms with van der Waals surface area (Å²) in [7, 11) is 0. The van der Waals surface area contributed by atoms with Crippen LogP contribution in [-0.4, -0.2) is 31.6 Å². The number of carboxylic acid groups (broad SMARTS) is 2. The maximum atomic E-state index is 10.8. The summed E-state index contributed by atoms with van der Waals surface area (Å²) in [5, 5.41) is 25.1. The van der Waals surface area contributed by atoms with Crippen LogP contribution in [0.3, 0.4) is 0 Å². The van der Waals surface area contributed by atoms with Gasteiger partial charge in [0.2, 0.25) is 4.38 Å². The molecule has 1 atom stereocenters. The third kappa shape index (κ3) is 5.50. The van der Waals surface area contributed by atoms with Crippen LogP contribution in [0.1, 0.15) is 13.3 Å². The largest absolute Gasteiger partial charge is 0.494 e. The first-order chi connectivity index (χ1) is 7.69. The number of hydrogen-bond donors (Lipinski definition) is 4. The van der Waals surface area contributed by atoms with Gasteiger partial charge in [0.25, 0.3) is 0 Å². The normalized spacial score (nSPS) is 21.9. The van der Waals surface area contributed by atoms with Crippen molar-refractivity contribution in [2.45, 2.75) is 13.3 Å². The van der Waals surface area contributed by atoms with E-state index in [1.807, 2.05) is 0 Å². The lowest BCUT2D eigenvalue weighted by Gasteiger charge is -2.23. The lowest BCUT2D eigenvalue weighted by atomic mass is 9.80. The van der Waals surface area contributed by atoms with Gasteiger partial charge in [0.15, 0.2) is 0 Å². The van der Waals surface area contributed by atoms with Crippen molar-refractivity contribution in [2.24, 2.45) is 5.41 Å². The van der Waals surface area contributed by atoms with Crippen LogP contribution in [0.2, 0.25) is 0 Å². The van der Waals surface area contributed by atoms with E-state index in [-0.39, 0.29) is 16.4 Å². The Balaban J connectivity index is 0.000000557. The minimum atomic E-state index is -1.08. The molecule has 0 aromatic carbocycles. The molecule has 3 N–H and O–H groups in total. The van der Waals surface area contributed by atoms with Crippen molar-refractivity contribution < 1.29 is 24.9 Å². The third-order valence-corrected chi connectivity index (χ3v) is 2.08. The molecule has 5 nitrogen and oxygen atoms in total. The second-order valence-corrected chi connectivity index (χ2v) is 4.65. The second-order valence-electron chi connectivity index (χ2n) is 3.54. The Morgan fingerprint density at radius 3 is 2.24 bits per heavy atom. The SMILES string of the molecule is CC1(C(=O)O)C=CC=C(C(=O)O)C1.OC(=S)S. The van der Waals surface area contributed by atoms with E-state index in [0.29, 0.717) is 0 Å². The number of rotatable bonds is 2. The van der Waals surface area contributed by atoms with Crippen molar-refractivity contribution in [3.8, 4) is 0 Å². The maximum absolute atomic E-state index is 10.8. The number of allylic oxidation sites excluding steroid dienone is 2. The molecule has 1 rings (SSSR count). The zero-order valence-corrected chi connectivity index (χ0v) is 10.7. The van der Waals surface area contributed by atoms with Gasteiger partial charge in [0.1, 0.15) is 0 Å². The number of aliphatic carboxylic acids is 2. The molecule has 0 spiro atoms. The molecule has 0 heterocycles. The van der Waals surface area contributed by atoms with Crippen molar-refractivity contribution in [2.75, 3.05) is 0 Å². The molecule has 1 aliphatic rings. The zero-order chi connectivity index (χ0) is 13.6. The third-order valence-electron chi connectivity index (χ3n) is 2.08. The quantitative estimate of drug-likeness (QED) is 0.454. The highest BCUT2D eigenvalue weighted by Crippen LogP contribution is 2.31. The Morgan fingerprint density at radius 2 is 1.88 bits per heavy atom. The minimum absolute atomic E-state index is 0.0359. The van der Waals surface area contributed by atoms with Crippen LogP contribution in [0.4, 0.5) is 0 Å². The van der Waals surface area contributed by atoms with Gasteiger partial charge < -0.3 is 15.3 Å². The lowest BCUT2D eigenvalue weighted by Crippen LogP contribution is -2.28. The molecule has 1 unspecified atom stereocenters. The number of aliphatic hydroxyl groups is 1. The van der Waals surface area contributed by atoms with Crippen molar-refractivity contribution in [1.29, 1.82) is 0 Å². The number of aliphatic hydroxyl groups excluding tert-OH is 1. The molecule has 0 bridgehead atoms. The Labute approximate surface area is 109 Å². The Bertz CT molecular complexity index is 396.